The van der Waals surface area contributed by atoms with Crippen molar-refractivity contribution in [3.8, 4) is 5.75 Å². The number of hydrogen-bond acceptors (Lipinski definition) is 4. The number of ether oxygens (including phenoxy) is 1. The molecule has 1 unspecified atom stereocenters. The second-order valence-electron chi connectivity index (χ2n) is 6.07. The molecule has 2 rings (SSSR count). The Morgan fingerprint density at radius 2 is 2.16 bits per heavy atom. The molecule has 1 aromatic heterocycles. The molecule has 0 spiro atoms. The number of guanidine groups is 1. The number of aliphatic imine (C=N–C) groups is 1. The van der Waals surface area contributed by atoms with Crippen molar-refractivity contribution in [3.05, 3.63) is 52.2 Å². The van der Waals surface area contributed by atoms with Crippen LogP contribution in [0.1, 0.15) is 25.0 Å². The molecule has 0 aliphatic carbocycles. The van der Waals surface area contributed by atoms with Crippen LogP contribution in [0.25, 0.3) is 0 Å². The van der Waals surface area contributed by atoms with Crippen molar-refractivity contribution in [1.82, 2.24) is 10.6 Å². The van der Waals surface area contributed by atoms with Crippen LogP contribution < -0.4 is 15.4 Å². The standard InChI is InChI=1S/C19H27N3O2S/c1-4-20-18(22-14-19(3,23)16-8-11-25-13-16)21-9-10-24-17-7-5-6-15(2)12-17/h5-8,11-13,23H,4,9-10,14H2,1-3H3,(H2,20,21,22). The molecular weight excluding hydrogens is 334 g/mol. The number of aryl methyl sites for hydroxylation is 1. The first-order chi connectivity index (χ1) is 12.0. The summed E-state index contributed by atoms with van der Waals surface area (Å²) >= 11 is 1.57. The topological polar surface area (TPSA) is 65.9 Å². The summed E-state index contributed by atoms with van der Waals surface area (Å²) in [6, 6.07) is 9.91. The van der Waals surface area contributed by atoms with Gasteiger partial charge in [0, 0.05) is 6.54 Å². The van der Waals surface area contributed by atoms with E-state index in [-0.39, 0.29) is 6.54 Å². The largest absolute Gasteiger partial charge is 0.492 e. The number of aliphatic hydroxyl groups is 1. The normalized spacial score (nSPS) is 14.0. The summed E-state index contributed by atoms with van der Waals surface area (Å²) in [6.07, 6.45) is 0. The van der Waals surface area contributed by atoms with Crippen LogP contribution in [0, 0.1) is 6.92 Å². The number of benzene rings is 1. The van der Waals surface area contributed by atoms with E-state index in [1.165, 1.54) is 5.56 Å². The molecule has 0 fully saturated rings. The summed E-state index contributed by atoms with van der Waals surface area (Å²) in [6.45, 7) is 8.04. The van der Waals surface area contributed by atoms with Crippen LogP contribution in [0.15, 0.2) is 46.1 Å². The molecule has 25 heavy (non-hydrogen) atoms. The lowest BCUT2D eigenvalue weighted by Gasteiger charge is -2.21. The van der Waals surface area contributed by atoms with Gasteiger partial charge in [-0.25, -0.2) is 4.99 Å². The van der Waals surface area contributed by atoms with Gasteiger partial charge in [0.2, 0.25) is 0 Å². The van der Waals surface area contributed by atoms with E-state index in [0.717, 1.165) is 17.9 Å². The van der Waals surface area contributed by atoms with Gasteiger partial charge in [-0.2, -0.15) is 11.3 Å². The molecule has 5 nitrogen and oxygen atoms in total. The molecule has 1 heterocycles. The van der Waals surface area contributed by atoms with E-state index in [4.69, 9.17) is 4.74 Å². The predicted molar refractivity (Wildman–Crippen MR) is 105 cm³/mol. The molecule has 0 saturated heterocycles. The highest BCUT2D eigenvalue weighted by atomic mass is 32.1. The molecule has 0 radical (unpaired) electrons. The number of rotatable bonds is 8. The van der Waals surface area contributed by atoms with E-state index >= 15 is 0 Å². The highest BCUT2D eigenvalue weighted by molar-refractivity contribution is 7.08. The van der Waals surface area contributed by atoms with Gasteiger partial charge in [0.15, 0.2) is 5.96 Å². The molecule has 136 valence electrons. The summed E-state index contributed by atoms with van der Waals surface area (Å²) in [7, 11) is 0. The highest BCUT2D eigenvalue weighted by Gasteiger charge is 2.23. The van der Waals surface area contributed by atoms with E-state index < -0.39 is 5.60 Å². The van der Waals surface area contributed by atoms with Crippen LogP contribution >= 0.6 is 11.3 Å². The Morgan fingerprint density at radius 1 is 1.32 bits per heavy atom. The van der Waals surface area contributed by atoms with E-state index in [0.29, 0.717) is 19.1 Å². The van der Waals surface area contributed by atoms with Crippen LogP contribution in [0.3, 0.4) is 0 Å². The van der Waals surface area contributed by atoms with Crippen LogP contribution in [-0.2, 0) is 5.60 Å². The Balaban J connectivity index is 1.83. The summed E-state index contributed by atoms with van der Waals surface area (Å²) in [5.41, 5.74) is 1.09. The third kappa shape index (κ3) is 6.40. The second kappa shape index (κ2) is 9.44. The molecule has 0 amide bonds. The minimum absolute atomic E-state index is 0.289. The van der Waals surface area contributed by atoms with Gasteiger partial charge in [0.1, 0.15) is 18.0 Å². The maximum absolute atomic E-state index is 10.6. The number of nitrogens with one attached hydrogen (secondary N) is 2. The van der Waals surface area contributed by atoms with Gasteiger partial charge in [-0.1, -0.05) is 12.1 Å². The fourth-order valence-electron chi connectivity index (χ4n) is 2.28. The maximum Gasteiger partial charge on any atom is 0.191 e. The Morgan fingerprint density at radius 3 is 2.84 bits per heavy atom. The fourth-order valence-corrected chi connectivity index (χ4v) is 3.06. The van der Waals surface area contributed by atoms with Gasteiger partial charge < -0.3 is 20.5 Å². The smallest absolute Gasteiger partial charge is 0.191 e. The third-order valence-electron chi connectivity index (χ3n) is 3.69. The van der Waals surface area contributed by atoms with Crippen molar-refractivity contribution in [2.45, 2.75) is 26.4 Å². The SMILES string of the molecule is CCNC(=NCC(C)(O)c1ccsc1)NCCOc1cccc(C)c1. The van der Waals surface area contributed by atoms with Gasteiger partial charge in [0.25, 0.3) is 0 Å². The van der Waals surface area contributed by atoms with Crippen LogP contribution in [0.5, 0.6) is 5.75 Å². The Labute approximate surface area is 153 Å². The van der Waals surface area contributed by atoms with Crippen molar-refractivity contribution in [1.29, 1.82) is 0 Å². The molecule has 1 atom stereocenters. The van der Waals surface area contributed by atoms with E-state index in [1.54, 1.807) is 18.3 Å². The van der Waals surface area contributed by atoms with Gasteiger partial charge in [-0.3, -0.25) is 0 Å². The Bertz CT molecular complexity index is 669. The highest BCUT2D eigenvalue weighted by Crippen LogP contribution is 2.23. The lowest BCUT2D eigenvalue weighted by Crippen LogP contribution is -2.40. The monoisotopic (exact) mass is 361 g/mol. The second-order valence-corrected chi connectivity index (χ2v) is 6.85. The van der Waals surface area contributed by atoms with E-state index in [9.17, 15) is 5.11 Å². The first kappa shape index (κ1) is 19.3. The average Bonchev–Trinajstić information content (AvgIpc) is 3.12. The Hall–Kier alpha value is -2.05. The summed E-state index contributed by atoms with van der Waals surface area (Å²) < 4.78 is 5.73. The Kier molecular flexibility index (Phi) is 7.28. The fraction of sp³-hybridized carbons (Fsp3) is 0.421. The van der Waals surface area contributed by atoms with Gasteiger partial charge in [-0.05, 0) is 60.9 Å². The average molecular weight is 362 g/mol. The summed E-state index contributed by atoms with van der Waals surface area (Å²) in [5, 5.41) is 20.9. The molecule has 6 heteroatoms. The molecule has 1 aromatic carbocycles. The molecule has 0 bridgehead atoms. The molecule has 0 aliphatic heterocycles. The summed E-state index contributed by atoms with van der Waals surface area (Å²) in [5.74, 6) is 1.54. The summed E-state index contributed by atoms with van der Waals surface area (Å²) in [4.78, 5) is 4.49. The molecule has 3 N–H and O–H groups in total. The first-order valence-electron chi connectivity index (χ1n) is 8.48. The maximum atomic E-state index is 10.6. The van der Waals surface area contributed by atoms with Crippen molar-refractivity contribution in [2.24, 2.45) is 4.99 Å². The zero-order valence-corrected chi connectivity index (χ0v) is 15.9. The minimum Gasteiger partial charge on any atom is -0.492 e. The molecular formula is C19H27N3O2S. The van der Waals surface area contributed by atoms with Gasteiger partial charge in [0.05, 0.1) is 13.1 Å². The quantitative estimate of drug-likeness (QED) is 0.384. The lowest BCUT2D eigenvalue weighted by atomic mass is 10.00. The first-order valence-corrected chi connectivity index (χ1v) is 9.42. The van der Waals surface area contributed by atoms with Gasteiger partial charge in [-0.15, -0.1) is 0 Å². The van der Waals surface area contributed by atoms with Crippen molar-refractivity contribution < 1.29 is 9.84 Å². The third-order valence-corrected chi connectivity index (χ3v) is 4.37. The zero-order chi connectivity index (χ0) is 18.1. The molecule has 0 saturated carbocycles. The van der Waals surface area contributed by atoms with Crippen LogP contribution in [0.2, 0.25) is 0 Å². The van der Waals surface area contributed by atoms with Gasteiger partial charge >= 0.3 is 0 Å². The van der Waals surface area contributed by atoms with E-state index in [2.05, 4.69) is 15.6 Å². The van der Waals surface area contributed by atoms with Crippen molar-refractivity contribution >= 4 is 17.3 Å². The number of nitrogens with zero attached hydrogens (tertiary/aromatic N) is 1. The predicted octanol–water partition coefficient (Wildman–Crippen LogP) is 2.90. The minimum atomic E-state index is -0.972. The zero-order valence-electron chi connectivity index (χ0n) is 15.1. The van der Waals surface area contributed by atoms with Crippen LogP contribution in [-0.4, -0.2) is 37.3 Å². The van der Waals surface area contributed by atoms with Crippen molar-refractivity contribution in [3.63, 3.8) is 0 Å². The van der Waals surface area contributed by atoms with Crippen LogP contribution in [0.4, 0.5) is 0 Å². The number of hydrogen-bond donors (Lipinski definition) is 3. The van der Waals surface area contributed by atoms with E-state index in [1.807, 2.05) is 54.9 Å². The van der Waals surface area contributed by atoms with Crippen molar-refractivity contribution in [2.75, 3.05) is 26.2 Å². The molecule has 0 aliphatic rings. The number of thiophene rings is 1. The lowest BCUT2D eigenvalue weighted by molar-refractivity contribution is 0.0677. The molecule has 2 aromatic rings.